The summed E-state index contributed by atoms with van der Waals surface area (Å²) >= 11 is 11.4. The van der Waals surface area contributed by atoms with Crippen LogP contribution in [0.4, 0.5) is 0 Å². The highest BCUT2D eigenvalue weighted by Gasteiger charge is 1.98. The zero-order valence-corrected chi connectivity index (χ0v) is 6.65. The molecule has 0 spiro atoms. The molecule has 1 aromatic carbocycles. The van der Waals surface area contributed by atoms with Gasteiger partial charge in [-0.3, -0.25) is 0 Å². The fraction of sp³-hybridized carbons (Fsp3) is 0. The Kier molecular flexibility index (Phi) is 2.36. The summed E-state index contributed by atoms with van der Waals surface area (Å²) in [5.74, 6) is 0. The molecule has 0 aliphatic rings. The number of rotatable bonds is 1. The summed E-state index contributed by atoms with van der Waals surface area (Å²) < 4.78 is 0. The molecule has 0 bridgehead atoms. The molecule has 0 fully saturated rings. The SMILES string of the molecule is [CH]=Cc1cccc(Cl)c1Cl. The van der Waals surface area contributed by atoms with Gasteiger partial charge in [0.15, 0.2) is 0 Å². The van der Waals surface area contributed by atoms with Gasteiger partial charge in [0.1, 0.15) is 0 Å². The van der Waals surface area contributed by atoms with E-state index >= 15 is 0 Å². The van der Waals surface area contributed by atoms with Crippen molar-refractivity contribution in [2.45, 2.75) is 0 Å². The highest BCUT2D eigenvalue weighted by molar-refractivity contribution is 6.42. The summed E-state index contributed by atoms with van der Waals surface area (Å²) in [6.07, 6.45) is 1.42. The van der Waals surface area contributed by atoms with Crippen LogP contribution < -0.4 is 0 Å². The summed E-state index contributed by atoms with van der Waals surface area (Å²) in [6, 6.07) is 5.32. The first-order chi connectivity index (χ1) is 4.75. The first-order valence-corrected chi connectivity index (χ1v) is 3.50. The van der Waals surface area contributed by atoms with Crippen molar-refractivity contribution in [3.05, 3.63) is 40.4 Å². The Morgan fingerprint density at radius 1 is 1.30 bits per heavy atom. The maximum absolute atomic E-state index is 5.75. The summed E-state index contributed by atoms with van der Waals surface area (Å²) in [7, 11) is 0. The quantitative estimate of drug-likeness (QED) is 0.608. The molecule has 1 radical (unpaired) electrons. The first-order valence-electron chi connectivity index (χ1n) is 2.74. The molecule has 0 aromatic heterocycles. The third-order valence-electron chi connectivity index (χ3n) is 1.16. The van der Waals surface area contributed by atoms with Crippen LogP contribution in [-0.4, -0.2) is 0 Å². The third kappa shape index (κ3) is 1.34. The first kappa shape index (κ1) is 7.64. The smallest absolute Gasteiger partial charge is 0.0664 e. The molecule has 0 saturated heterocycles. The van der Waals surface area contributed by atoms with Crippen LogP contribution in [0.25, 0.3) is 6.08 Å². The summed E-state index contributed by atoms with van der Waals surface area (Å²) in [4.78, 5) is 0. The minimum absolute atomic E-state index is 0.506. The molecule has 0 unspecified atom stereocenters. The van der Waals surface area contributed by atoms with Gasteiger partial charge in [-0.1, -0.05) is 48.0 Å². The van der Waals surface area contributed by atoms with Crippen LogP contribution in [0.2, 0.25) is 10.0 Å². The molecule has 1 rings (SSSR count). The Bertz CT molecular complexity index is 253. The van der Waals surface area contributed by atoms with Crippen molar-refractivity contribution in [1.82, 2.24) is 0 Å². The normalized spacial score (nSPS) is 9.40. The van der Waals surface area contributed by atoms with Gasteiger partial charge in [-0.25, -0.2) is 0 Å². The molecule has 0 aliphatic carbocycles. The van der Waals surface area contributed by atoms with Gasteiger partial charge in [0.05, 0.1) is 10.0 Å². The van der Waals surface area contributed by atoms with Crippen LogP contribution in [0.3, 0.4) is 0 Å². The fourth-order valence-electron chi connectivity index (χ4n) is 0.649. The van der Waals surface area contributed by atoms with Crippen LogP contribution >= 0.6 is 23.2 Å². The van der Waals surface area contributed by atoms with Gasteiger partial charge >= 0.3 is 0 Å². The average molecular weight is 172 g/mol. The van der Waals surface area contributed by atoms with Gasteiger partial charge in [0.25, 0.3) is 0 Å². The van der Waals surface area contributed by atoms with Crippen LogP contribution in [0.15, 0.2) is 18.2 Å². The highest BCUT2D eigenvalue weighted by atomic mass is 35.5. The van der Waals surface area contributed by atoms with Gasteiger partial charge in [0.2, 0.25) is 0 Å². The minimum Gasteiger partial charge on any atom is -0.0827 e. The van der Waals surface area contributed by atoms with Gasteiger partial charge in [-0.15, -0.1) is 0 Å². The maximum atomic E-state index is 5.75. The molecule has 0 N–H and O–H groups in total. The molecule has 0 heterocycles. The molecule has 0 saturated carbocycles. The van der Waals surface area contributed by atoms with E-state index in [0.29, 0.717) is 10.0 Å². The zero-order chi connectivity index (χ0) is 7.56. The van der Waals surface area contributed by atoms with Crippen LogP contribution in [0, 0.1) is 6.58 Å². The van der Waals surface area contributed by atoms with E-state index in [4.69, 9.17) is 29.8 Å². The van der Waals surface area contributed by atoms with Crippen molar-refractivity contribution in [2.75, 3.05) is 0 Å². The Morgan fingerprint density at radius 2 is 2.00 bits per heavy atom. The predicted molar refractivity (Wildman–Crippen MR) is 45.2 cm³/mol. The van der Waals surface area contributed by atoms with E-state index in [1.807, 2.05) is 0 Å². The van der Waals surface area contributed by atoms with Gasteiger partial charge in [-0.05, 0) is 11.6 Å². The van der Waals surface area contributed by atoms with Crippen LogP contribution in [0.5, 0.6) is 0 Å². The molecule has 1 aromatic rings. The van der Waals surface area contributed by atoms with E-state index in [0.717, 1.165) is 5.56 Å². The predicted octanol–water partition coefficient (Wildman–Crippen LogP) is 3.44. The monoisotopic (exact) mass is 171 g/mol. The Labute approximate surface area is 70.1 Å². The van der Waals surface area contributed by atoms with Crippen molar-refractivity contribution in [3.63, 3.8) is 0 Å². The standard InChI is InChI=1S/C8H5Cl2/c1-2-6-4-3-5-7(9)8(6)10/h1-5H. The molecular weight excluding hydrogens is 167 g/mol. The lowest BCUT2D eigenvalue weighted by molar-refractivity contribution is 1.66. The number of hydrogen-bond donors (Lipinski definition) is 0. The molecule has 0 nitrogen and oxygen atoms in total. The number of benzene rings is 1. The van der Waals surface area contributed by atoms with E-state index < -0.39 is 0 Å². The Balaban J connectivity index is 3.27. The zero-order valence-electron chi connectivity index (χ0n) is 5.14. The van der Waals surface area contributed by atoms with Crippen LogP contribution in [-0.2, 0) is 0 Å². The Hall–Kier alpha value is -0.460. The van der Waals surface area contributed by atoms with Gasteiger partial charge in [0, 0.05) is 0 Å². The second-order valence-corrected chi connectivity index (χ2v) is 2.59. The van der Waals surface area contributed by atoms with Crippen molar-refractivity contribution < 1.29 is 0 Å². The minimum atomic E-state index is 0.506. The second kappa shape index (κ2) is 3.09. The van der Waals surface area contributed by atoms with Crippen molar-refractivity contribution in [3.8, 4) is 0 Å². The van der Waals surface area contributed by atoms with E-state index in [1.54, 1.807) is 18.2 Å². The van der Waals surface area contributed by atoms with Crippen molar-refractivity contribution in [2.24, 2.45) is 0 Å². The fourth-order valence-corrected chi connectivity index (χ4v) is 1.02. The Morgan fingerprint density at radius 3 is 2.50 bits per heavy atom. The van der Waals surface area contributed by atoms with Crippen molar-refractivity contribution in [1.29, 1.82) is 0 Å². The summed E-state index contributed by atoms with van der Waals surface area (Å²) in [5.41, 5.74) is 0.758. The van der Waals surface area contributed by atoms with E-state index in [-0.39, 0.29) is 0 Å². The molecule has 2 heteroatoms. The molecule has 0 aliphatic heterocycles. The summed E-state index contributed by atoms with van der Waals surface area (Å²) in [5, 5.41) is 1.03. The molecule has 0 amide bonds. The topological polar surface area (TPSA) is 0 Å². The largest absolute Gasteiger partial charge is 0.0827 e. The van der Waals surface area contributed by atoms with Crippen LogP contribution in [0.1, 0.15) is 5.56 Å². The highest BCUT2D eigenvalue weighted by Crippen LogP contribution is 2.25. The molecule has 10 heavy (non-hydrogen) atoms. The maximum Gasteiger partial charge on any atom is 0.0664 e. The molecular formula is C8H5Cl2. The number of halogens is 2. The lowest BCUT2D eigenvalue weighted by atomic mass is 10.2. The van der Waals surface area contributed by atoms with E-state index in [9.17, 15) is 0 Å². The van der Waals surface area contributed by atoms with E-state index in [1.165, 1.54) is 6.08 Å². The van der Waals surface area contributed by atoms with Gasteiger partial charge in [-0.2, -0.15) is 0 Å². The average Bonchev–Trinajstić information content (AvgIpc) is 1.95. The second-order valence-electron chi connectivity index (χ2n) is 1.81. The summed E-state index contributed by atoms with van der Waals surface area (Å²) in [6.45, 7) is 5.25. The third-order valence-corrected chi connectivity index (χ3v) is 1.99. The lowest BCUT2D eigenvalue weighted by Crippen LogP contribution is -1.73. The number of hydrogen-bond acceptors (Lipinski definition) is 0. The van der Waals surface area contributed by atoms with E-state index in [2.05, 4.69) is 0 Å². The van der Waals surface area contributed by atoms with Crippen molar-refractivity contribution >= 4 is 29.3 Å². The molecule has 0 atom stereocenters. The van der Waals surface area contributed by atoms with Gasteiger partial charge < -0.3 is 0 Å². The lowest BCUT2D eigenvalue weighted by Gasteiger charge is -1.97. The molecule has 51 valence electrons.